The quantitative estimate of drug-likeness (QED) is 0.680. The van der Waals surface area contributed by atoms with Gasteiger partial charge in [-0.05, 0) is 36.8 Å². The molecule has 0 N–H and O–H groups in total. The van der Waals surface area contributed by atoms with Crippen molar-refractivity contribution in [1.29, 1.82) is 0 Å². The lowest BCUT2D eigenvalue weighted by atomic mass is 10.2. The SMILES string of the molecule is CCN(Cc1ccc(OC)c(F)c1)C(=O)Cn1c(=O)oc2ccccc21. The second-order valence-electron chi connectivity index (χ2n) is 5.80. The topological polar surface area (TPSA) is 64.7 Å². The summed E-state index contributed by atoms with van der Waals surface area (Å²) in [5.41, 5.74) is 1.64. The number of fused-ring (bicyclic) bond motifs is 1. The van der Waals surface area contributed by atoms with Gasteiger partial charge in [0.15, 0.2) is 17.1 Å². The Balaban J connectivity index is 1.79. The lowest BCUT2D eigenvalue weighted by Gasteiger charge is -2.21. The maximum atomic E-state index is 13.9. The fourth-order valence-electron chi connectivity index (χ4n) is 2.80. The first-order valence-electron chi connectivity index (χ1n) is 8.22. The Hall–Kier alpha value is -3.09. The number of ether oxygens (including phenoxy) is 1. The standard InChI is InChI=1S/C19H19FN2O4/c1-3-21(11-13-8-9-16(25-2)14(20)10-13)18(23)12-22-15-6-4-5-7-17(15)26-19(22)24/h4-10H,3,11-12H2,1-2H3. The number of hydrogen-bond donors (Lipinski definition) is 0. The van der Waals surface area contributed by atoms with Crippen LogP contribution in [-0.2, 0) is 17.9 Å². The summed E-state index contributed by atoms with van der Waals surface area (Å²) < 4.78 is 25.2. The molecule has 0 atom stereocenters. The third kappa shape index (κ3) is 3.46. The molecular weight excluding hydrogens is 339 g/mol. The number of benzene rings is 2. The van der Waals surface area contributed by atoms with Crippen LogP contribution < -0.4 is 10.5 Å². The second kappa shape index (κ2) is 7.43. The third-order valence-electron chi connectivity index (χ3n) is 4.19. The van der Waals surface area contributed by atoms with Crippen molar-refractivity contribution in [3.8, 4) is 5.75 Å². The van der Waals surface area contributed by atoms with Gasteiger partial charge < -0.3 is 14.1 Å². The van der Waals surface area contributed by atoms with Gasteiger partial charge in [0.1, 0.15) is 6.54 Å². The summed E-state index contributed by atoms with van der Waals surface area (Å²) in [6.45, 7) is 2.36. The van der Waals surface area contributed by atoms with E-state index < -0.39 is 11.6 Å². The highest BCUT2D eigenvalue weighted by Crippen LogP contribution is 2.19. The van der Waals surface area contributed by atoms with Crippen LogP contribution in [0.25, 0.3) is 11.1 Å². The maximum Gasteiger partial charge on any atom is 0.420 e. The van der Waals surface area contributed by atoms with E-state index in [1.165, 1.54) is 23.8 Å². The van der Waals surface area contributed by atoms with E-state index in [9.17, 15) is 14.0 Å². The third-order valence-corrected chi connectivity index (χ3v) is 4.19. The minimum atomic E-state index is -0.578. The number of rotatable bonds is 6. The Bertz CT molecular complexity index is 993. The van der Waals surface area contributed by atoms with Crippen LogP contribution in [0.5, 0.6) is 5.75 Å². The Morgan fingerprint density at radius 2 is 2.04 bits per heavy atom. The molecule has 1 aromatic heterocycles. The fourth-order valence-corrected chi connectivity index (χ4v) is 2.80. The average Bonchev–Trinajstić information content (AvgIpc) is 2.95. The summed E-state index contributed by atoms with van der Waals surface area (Å²) in [5.74, 6) is -1.16. The Morgan fingerprint density at radius 1 is 1.27 bits per heavy atom. The van der Waals surface area contributed by atoms with E-state index in [1.807, 2.05) is 6.92 Å². The summed E-state index contributed by atoms with van der Waals surface area (Å²) in [4.78, 5) is 26.2. The minimum Gasteiger partial charge on any atom is -0.494 e. The lowest BCUT2D eigenvalue weighted by molar-refractivity contribution is -0.132. The molecule has 7 heteroatoms. The van der Waals surface area contributed by atoms with Crippen molar-refractivity contribution in [3.05, 3.63) is 64.4 Å². The molecule has 0 fully saturated rings. The minimum absolute atomic E-state index is 0.137. The van der Waals surface area contributed by atoms with Crippen LogP contribution >= 0.6 is 0 Å². The zero-order valence-electron chi connectivity index (χ0n) is 14.6. The molecule has 0 unspecified atom stereocenters. The van der Waals surface area contributed by atoms with Gasteiger partial charge in [0, 0.05) is 13.1 Å². The first-order chi connectivity index (χ1) is 12.5. The zero-order valence-corrected chi connectivity index (χ0v) is 14.6. The molecule has 0 saturated heterocycles. The number of carbonyl (C=O) groups excluding carboxylic acids is 1. The van der Waals surface area contributed by atoms with E-state index in [2.05, 4.69) is 0 Å². The number of halogens is 1. The summed E-state index contributed by atoms with van der Waals surface area (Å²) >= 11 is 0. The number of amides is 1. The summed E-state index contributed by atoms with van der Waals surface area (Å²) in [6, 6.07) is 11.5. The van der Waals surface area contributed by atoms with Crippen molar-refractivity contribution in [2.75, 3.05) is 13.7 Å². The summed E-state index contributed by atoms with van der Waals surface area (Å²) in [7, 11) is 1.40. The van der Waals surface area contributed by atoms with Gasteiger partial charge in [-0.25, -0.2) is 9.18 Å². The van der Waals surface area contributed by atoms with E-state index in [0.29, 0.717) is 23.2 Å². The highest BCUT2D eigenvalue weighted by molar-refractivity contribution is 5.79. The zero-order chi connectivity index (χ0) is 18.7. The number of oxazole rings is 1. The van der Waals surface area contributed by atoms with Gasteiger partial charge >= 0.3 is 5.76 Å². The van der Waals surface area contributed by atoms with Crippen molar-refractivity contribution in [2.45, 2.75) is 20.0 Å². The molecule has 6 nitrogen and oxygen atoms in total. The smallest absolute Gasteiger partial charge is 0.420 e. The number of carbonyl (C=O) groups is 1. The highest BCUT2D eigenvalue weighted by Gasteiger charge is 2.17. The Kier molecular flexibility index (Phi) is 5.06. The molecule has 3 rings (SSSR count). The van der Waals surface area contributed by atoms with Gasteiger partial charge in [0.2, 0.25) is 5.91 Å². The van der Waals surface area contributed by atoms with Crippen molar-refractivity contribution < 1.29 is 18.3 Å². The van der Waals surface area contributed by atoms with Gasteiger partial charge in [-0.15, -0.1) is 0 Å². The van der Waals surface area contributed by atoms with E-state index in [0.717, 1.165) is 0 Å². The number of hydrogen-bond acceptors (Lipinski definition) is 4. The number of likely N-dealkylation sites (N-methyl/N-ethyl adjacent to an activating group) is 1. The van der Waals surface area contributed by atoms with Gasteiger partial charge in [-0.3, -0.25) is 9.36 Å². The number of aromatic nitrogens is 1. The molecule has 1 amide bonds. The Labute approximate surface area is 149 Å². The van der Waals surface area contributed by atoms with Gasteiger partial charge in [0.25, 0.3) is 0 Å². The summed E-state index contributed by atoms with van der Waals surface area (Å²) in [5, 5.41) is 0. The first-order valence-corrected chi connectivity index (χ1v) is 8.22. The molecule has 136 valence electrons. The highest BCUT2D eigenvalue weighted by atomic mass is 19.1. The van der Waals surface area contributed by atoms with Crippen molar-refractivity contribution in [1.82, 2.24) is 9.47 Å². The molecule has 0 aliphatic heterocycles. The molecule has 0 bridgehead atoms. The number of para-hydroxylation sites is 2. The Morgan fingerprint density at radius 3 is 2.73 bits per heavy atom. The molecule has 0 aliphatic rings. The monoisotopic (exact) mass is 358 g/mol. The van der Waals surface area contributed by atoms with Crippen LogP contribution in [0.2, 0.25) is 0 Å². The van der Waals surface area contributed by atoms with Crippen LogP contribution in [0.1, 0.15) is 12.5 Å². The van der Waals surface area contributed by atoms with E-state index in [-0.39, 0.29) is 24.7 Å². The van der Waals surface area contributed by atoms with E-state index >= 15 is 0 Å². The van der Waals surface area contributed by atoms with Gasteiger partial charge in [0.05, 0.1) is 12.6 Å². The fraction of sp³-hybridized carbons (Fsp3) is 0.263. The molecular formula is C19H19FN2O4. The average molecular weight is 358 g/mol. The maximum absolute atomic E-state index is 13.9. The van der Waals surface area contributed by atoms with Crippen molar-refractivity contribution in [3.63, 3.8) is 0 Å². The molecule has 0 radical (unpaired) electrons. The van der Waals surface area contributed by atoms with Crippen molar-refractivity contribution in [2.24, 2.45) is 0 Å². The van der Waals surface area contributed by atoms with Crippen LogP contribution in [0, 0.1) is 5.82 Å². The van der Waals surface area contributed by atoms with Gasteiger partial charge in [-0.1, -0.05) is 18.2 Å². The summed E-state index contributed by atoms with van der Waals surface area (Å²) in [6.07, 6.45) is 0. The molecule has 26 heavy (non-hydrogen) atoms. The largest absolute Gasteiger partial charge is 0.494 e. The molecule has 0 spiro atoms. The van der Waals surface area contributed by atoms with Crippen LogP contribution in [0.4, 0.5) is 4.39 Å². The molecule has 0 aliphatic carbocycles. The van der Waals surface area contributed by atoms with Crippen LogP contribution in [-0.4, -0.2) is 29.0 Å². The lowest BCUT2D eigenvalue weighted by Crippen LogP contribution is -2.35. The number of methoxy groups -OCH3 is 1. The molecule has 0 saturated carbocycles. The van der Waals surface area contributed by atoms with E-state index in [4.69, 9.17) is 9.15 Å². The predicted molar refractivity (Wildman–Crippen MR) is 94.5 cm³/mol. The molecule has 3 aromatic rings. The number of nitrogens with zero attached hydrogens (tertiary/aromatic N) is 2. The molecule has 1 heterocycles. The van der Waals surface area contributed by atoms with Crippen LogP contribution in [0.3, 0.4) is 0 Å². The van der Waals surface area contributed by atoms with Gasteiger partial charge in [-0.2, -0.15) is 0 Å². The van der Waals surface area contributed by atoms with Crippen LogP contribution in [0.15, 0.2) is 51.7 Å². The predicted octanol–water partition coefficient (Wildman–Crippen LogP) is 2.79. The van der Waals surface area contributed by atoms with E-state index in [1.54, 1.807) is 35.2 Å². The normalized spacial score (nSPS) is 10.9. The second-order valence-corrected chi connectivity index (χ2v) is 5.80. The first kappa shape index (κ1) is 17.7. The molecule has 2 aromatic carbocycles. The van der Waals surface area contributed by atoms with Crippen molar-refractivity contribution >= 4 is 17.0 Å².